The predicted molar refractivity (Wildman–Crippen MR) is 60.7 cm³/mol. The van der Waals surface area contributed by atoms with Gasteiger partial charge in [0.15, 0.2) is 0 Å². The Kier molecular flexibility index (Phi) is 3.46. The summed E-state index contributed by atoms with van der Waals surface area (Å²) in [6, 6.07) is 0.155. The second-order valence-electron chi connectivity index (χ2n) is 4.21. The number of hydrogen-bond donors (Lipinski definition) is 4. The van der Waals surface area contributed by atoms with Crippen LogP contribution in [0.2, 0.25) is 0 Å². The lowest BCUT2D eigenvalue weighted by Gasteiger charge is -2.18. The van der Waals surface area contributed by atoms with Crippen LogP contribution in [-0.2, 0) is 0 Å². The average Bonchev–Trinajstić information content (AvgIpc) is 2.49. The summed E-state index contributed by atoms with van der Waals surface area (Å²) in [5.41, 5.74) is 6.31. The molecule has 2 aliphatic rings. The molecule has 1 unspecified atom stereocenters. The monoisotopic (exact) mass is 223 g/mol. The van der Waals surface area contributed by atoms with Gasteiger partial charge in [0.1, 0.15) is 0 Å². The molecule has 0 bridgehead atoms. The molecule has 1 amide bonds. The molecule has 1 saturated heterocycles. The lowest BCUT2D eigenvalue weighted by Crippen LogP contribution is -2.47. The molecule has 88 valence electrons. The summed E-state index contributed by atoms with van der Waals surface area (Å²) in [6.45, 7) is 0.760. The zero-order chi connectivity index (χ0) is 11.4. The van der Waals surface area contributed by atoms with Crippen molar-refractivity contribution < 1.29 is 9.90 Å². The van der Waals surface area contributed by atoms with Crippen LogP contribution in [-0.4, -0.2) is 23.8 Å². The third kappa shape index (κ3) is 2.76. The molecule has 2 rings (SSSR count). The van der Waals surface area contributed by atoms with Crippen molar-refractivity contribution in [2.75, 3.05) is 6.54 Å². The van der Waals surface area contributed by atoms with Crippen molar-refractivity contribution in [1.29, 1.82) is 0 Å². The van der Waals surface area contributed by atoms with E-state index in [0.29, 0.717) is 5.92 Å². The fourth-order valence-corrected chi connectivity index (χ4v) is 2.19. The molecule has 1 fully saturated rings. The molecular weight excluding hydrogens is 206 g/mol. The minimum absolute atomic E-state index is 0.155. The number of fused-ring (bicyclic) bond motifs is 1. The SMILES string of the molecule is O=C(O)NN[C@H]1CCC2CC=CC=C2NC1. The smallest absolute Gasteiger partial charge is 0.419 e. The number of nitrogens with one attached hydrogen (secondary N) is 3. The van der Waals surface area contributed by atoms with Gasteiger partial charge in [-0.1, -0.05) is 12.2 Å². The molecule has 16 heavy (non-hydrogen) atoms. The summed E-state index contributed by atoms with van der Waals surface area (Å²) >= 11 is 0. The Morgan fingerprint density at radius 3 is 3.19 bits per heavy atom. The molecule has 0 aromatic carbocycles. The van der Waals surface area contributed by atoms with Gasteiger partial charge >= 0.3 is 6.09 Å². The Labute approximate surface area is 94.6 Å². The number of rotatable bonds is 2. The Morgan fingerprint density at radius 1 is 1.50 bits per heavy atom. The number of hydrazine groups is 1. The summed E-state index contributed by atoms with van der Waals surface area (Å²) in [5.74, 6) is 0.571. The highest BCUT2D eigenvalue weighted by Gasteiger charge is 2.22. The molecule has 1 aliphatic carbocycles. The van der Waals surface area contributed by atoms with Gasteiger partial charge in [-0.25, -0.2) is 10.2 Å². The van der Waals surface area contributed by atoms with Gasteiger partial charge in [0.05, 0.1) is 0 Å². The minimum Gasteiger partial charge on any atom is -0.464 e. The molecule has 2 atom stereocenters. The van der Waals surface area contributed by atoms with Crippen molar-refractivity contribution in [2.45, 2.75) is 25.3 Å². The topological polar surface area (TPSA) is 73.4 Å². The molecule has 0 radical (unpaired) electrons. The maximum Gasteiger partial charge on any atom is 0.419 e. The first-order chi connectivity index (χ1) is 7.75. The number of amides is 1. The summed E-state index contributed by atoms with van der Waals surface area (Å²) in [4.78, 5) is 10.4. The van der Waals surface area contributed by atoms with Gasteiger partial charge in [-0.05, 0) is 25.3 Å². The van der Waals surface area contributed by atoms with Crippen LogP contribution in [0.3, 0.4) is 0 Å². The average molecular weight is 223 g/mol. The molecule has 5 nitrogen and oxygen atoms in total. The van der Waals surface area contributed by atoms with Crippen LogP contribution in [0.4, 0.5) is 4.79 Å². The van der Waals surface area contributed by atoms with Gasteiger partial charge < -0.3 is 10.4 Å². The number of carbonyl (C=O) groups is 1. The van der Waals surface area contributed by atoms with E-state index in [1.807, 2.05) is 0 Å². The lowest BCUT2D eigenvalue weighted by atomic mass is 9.92. The van der Waals surface area contributed by atoms with E-state index >= 15 is 0 Å². The first kappa shape index (κ1) is 11.0. The molecule has 1 aliphatic heterocycles. The molecule has 5 heteroatoms. The second-order valence-corrected chi connectivity index (χ2v) is 4.21. The first-order valence-electron chi connectivity index (χ1n) is 5.61. The van der Waals surface area contributed by atoms with Crippen LogP contribution in [0.25, 0.3) is 0 Å². The Hall–Kier alpha value is -1.49. The largest absolute Gasteiger partial charge is 0.464 e. The van der Waals surface area contributed by atoms with E-state index in [2.05, 4.69) is 34.4 Å². The van der Waals surface area contributed by atoms with Crippen molar-refractivity contribution in [3.63, 3.8) is 0 Å². The van der Waals surface area contributed by atoms with Gasteiger partial charge in [-0.2, -0.15) is 0 Å². The number of carboxylic acid groups (broad SMARTS) is 1. The predicted octanol–water partition coefficient (Wildman–Crippen LogP) is 0.971. The maximum atomic E-state index is 10.4. The molecular formula is C11H17N3O2. The molecule has 0 saturated carbocycles. The fourth-order valence-electron chi connectivity index (χ4n) is 2.19. The van der Waals surface area contributed by atoms with Gasteiger partial charge in [-0.15, -0.1) is 0 Å². The first-order valence-corrected chi connectivity index (χ1v) is 5.61. The van der Waals surface area contributed by atoms with Crippen LogP contribution in [0.1, 0.15) is 19.3 Å². The summed E-state index contributed by atoms with van der Waals surface area (Å²) in [7, 11) is 0. The normalized spacial score (nSPS) is 28.4. The van der Waals surface area contributed by atoms with Gasteiger partial charge in [0, 0.05) is 24.2 Å². The van der Waals surface area contributed by atoms with Gasteiger partial charge in [0.25, 0.3) is 0 Å². The number of hydrogen-bond acceptors (Lipinski definition) is 3. The molecule has 0 aromatic rings. The lowest BCUT2D eigenvalue weighted by molar-refractivity contribution is 0.185. The zero-order valence-corrected chi connectivity index (χ0v) is 9.07. The summed E-state index contributed by atoms with van der Waals surface area (Å²) < 4.78 is 0. The molecule has 1 heterocycles. The fraction of sp³-hybridized carbons (Fsp3) is 0.545. The Morgan fingerprint density at radius 2 is 2.38 bits per heavy atom. The minimum atomic E-state index is -1.04. The van der Waals surface area contributed by atoms with Crippen LogP contribution < -0.4 is 16.2 Å². The highest BCUT2D eigenvalue weighted by atomic mass is 16.4. The third-order valence-electron chi connectivity index (χ3n) is 3.07. The van der Waals surface area contributed by atoms with Crippen molar-refractivity contribution in [2.24, 2.45) is 5.92 Å². The molecule has 0 spiro atoms. The maximum absolute atomic E-state index is 10.4. The molecule has 0 aromatic heterocycles. The van der Waals surface area contributed by atoms with E-state index in [-0.39, 0.29) is 6.04 Å². The van der Waals surface area contributed by atoms with Crippen molar-refractivity contribution in [3.05, 3.63) is 23.9 Å². The quantitative estimate of drug-likeness (QED) is 0.526. The summed E-state index contributed by atoms with van der Waals surface area (Å²) in [6.07, 6.45) is 8.47. The van der Waals surface area contributed by atoms with Crippen molar-refractivity contribution >= 4 is 6.09 Å². The van der Waals surface area contributed by atoms with E-state index < -0.39 is 6.09 Å². The van der Waals surface area contributed by atoms with E-state index in [9.17, 15) is 4.79 Å². The zero-order valence-electron chi connectivity index (χ0n) is 9.07. The van der Waals surface area contributed by atoms with Crippen LogP contribution in [0.15, 0.2) is 23.9 Å². The highest BCUT2D eigenvalue weighted by Crippen LogP contribution is 2.26. The van der Waals surface area contributed by atoms with Crippen molar-refractivity contribution in [3.8, 4) is 0 Å². The highest BCUT2D eigenvalue weighted by molar-refractivity contribution is 5.63. The second kappa shape index (κ2) is 5.03. The van der Waals surface area contributed by atoms with Gasteiger partial charge in [-0.3, -0.25) is 5.43 Å². The van der Waals surface area contributed by atoms with Crippen LogP contribution in [0, 0.1) is 5.92 Å². The van der Waals surface area contributed by atoms with E-state index in [1.54, 1.807) is 0 Å². The van der Waals surface area contributed by atoms with E-state index in [1.165, 1.54) is 5.70 Å². The Bertz CT molecular complexity index is 325. The van der Waals surface area contributed by atoms with E-state index in [4.69, 9.17) is 5.11 Å². The van der Waals surface area contributed by atoms with Crippen LogP contribution in [0.5, 0.6) is 0 Å². The standard InChI is InChI=1S/C11H17N3O2/c15-11(16)14-13-9-6-5-8-3-1-2-4-10(8)12-7-9/h1-2,4,8-9,12-14H,3,5-7H2,(H,15,16)/t8?,9-/m0/s1. The summed E-state index contributed by atoms with van der Waals surface area (Å²) in [5, 5.41) is 11.9. The Balaban J connectivity index is 1.86. The van der Waals surface area contributed by atoms with Crippen molar-refractivity contribution in [1.82, 2.24) is 16.2 Å². The van der Waals surface area contributed by atoms with E-state index in [0.717, 1.165) is 25.8 Å². The van der Waals surface area contributed by atoms with Crippen LogP contribution >= 0.6 is 0 Å². The van der Waals surface area contributed by atoms with Gasteiger partial charge in [0.2, 0.25) is 0 Å². The number of allylic oxidation sites excluding steroid dienone is 4. The third-order valence-corrected chi connectivity index (χ3v) is 3.07. The molecule has 4 N–H and O–H groups in total.